The van der Waals surface area contributed by atoms with Crippen LogP contribution in [-0.2, 0) is 20.8 Å². The zero-order chi connectivity index (χ0) is 28.2. The van der Waals surface area contributed by atoms with Gasteiger partial charge in [0.1, 0.15) is 18.1 Å². The number of amides is 3. The van der Waals surface area contributed by atoms with Crippen LogP contribution in [0.1, 0.15) is 65.6 Å². The maximum Gasteiger partial charge on any atom is 0.471 e. The summed E-state index contributed by atoms with van der Waals surface area (Å²) < 4.78 is 41.0. The number of carbonyl (C=O) groups excluding carboxylic acids is 3. The van der Waals surface area contributed by atoms with Gasteiger partial charge < -0.3 is 15.5 Å². The van der Waals surface area contributed by atoms with E-state index in [4.69, 9.17) is 0 Å². The van der Waals surface area contributed by atoms with Gasteiger partial charge in [-0.2, -0.15) is 23.5 Å². The molecule has 1 aromatic heterocycles. The first-order valence-corrected chi connectivity index (χ1v) is 13.0. The van der Waals surface area contributed by atoms with E-state index in [9.17, 15) is 32.8 Å². The molecule has 2 fully saturated rings. The SMILES string of the molecule is CC(C)(C)[C@H](NC(=O)C(F)(F)F)C(=O)N1C[C@H]2[C@@H]([C@H]1C(=O)NC(C#N)CC1CCCc3ccnn31)C2(C)C. The van der Waals surface area contributed by atoms with Crippen molar-refractivity contribution in [2.24, 2.45) is 22.7 Å². The van der Waals surface area contributed by atoms with Gasteiger partial charge in [0.2, 0.25) is 11.8 Å². The number of rotatable bonds is 6. The lowest BCUT2D eigenvalue weighted by Gasteiger charge is -2.38. The number of halogens is 3. The van der Waals surface area contributed by atoms with E-state index in [-0.39, 0.29) is 29.8 Å². The maximum absolute atomic E-state index is 13.6. The van der Waals surface area contributed by atoms with Gasteiger partial charge in [0.25, 0.3) is 0 Å². The Kier molecular flexibility index (Phi) is 7.04. The molecule has 0 radical (unpaired) electrons. The second-order valence-corrected chi connectivity index (χ2v) is 12.4. The van der Waals surface area contributed by atoms with Crippen molar-refractivity contribution in [1.29, 1.82) is 5.26 Å². The number of fused-ring (bicyclic) bond motifs is 2. The highest BCUT2D eigenvalue weighted by atomic mass is 19.4. The minimum Gasteiger partial charge on any atom is -0.338 e. The topological polar surface area (TPSA) is 120 Å². The normalized spacial score (nSPS) is 27.4. The molecule has 1 aliphatic carbocycles. The summed E-state index contributed by atoms with van der Waals surface area (Å²) in [6.07, 6.45) is -0.417. The third-order valence-electron chi connectivity index (χ3n) is 8.45. The van der Waals surface area contributed by atoms with Gasteiger partial charge in [-0.05, 0) is 48.0 Å². The van der Waals surface area contributed by atoms with Crippen LogP contribution in [0.25, 0.3) is 0 Å². The van der Waals surface area contributed by atoms with Crippen LogP contribution in [0.15, 0.2) is 12.3 Å². The van der Waals surface area contributed by atoms with Crippen molar-refractivity contribution in [3.05, 3.63) is 18.0 Å². The second kappa shape index (κ2) is 9.58. The Labute approximate surface area is 220 Å². The summed E-state index contributed by atoms with van der Waals surface area (Å²) in [6.45, 7) is 8.84. The van der Waals surface area contributed by atoms with Crippen molar-refractivity contribution in [2.45, 2.75) is 90.6 Å². The van der Waals surface area contributed by atoms with Crippen molar-refractivity contribution in [2.75, 3.05) is 6.54 Å². The first-order valence-electron chi connectivity index (χ1n) is 13.0. The molecular formula is C26H35F3N6O3. The first-order chi connectivity index (χ1) is 17.6. The highest BCUT2D eigenvalue weighted by molar-refractivity contribution is 5.95. The monoisotopic (exact) mass is 536 g/mol. The summed E-state index contributed by atoms with van der Waals surface area (Å²) in [5.41, 5.74) is -0.201. The molecule has 9 nitrogen and oxygen atoms in total. The van der Waals surface area contributed by atoms with E-state index in [1.54, 1.807) is 27.0 Å². The average molecular weight is 537 g/mol. The number of nitriles is 1. The molecule has 208 valence electrons. The lowest BCUT2D eigenvalue weighted by Crippen LogP contribution is -2.61. The van der Waals surface area contributed by atoms with E-state index in [1.165, 1.54) is 4.90 Å². The molecule has 2 N–H and O–H groups in total. The van der Waals surface area contributed by atoms with Crippen molar-refractivity contribution in [1.82, 2.24) is 25.3 Å². The minimum absolute atomic E-state index is 0.00773. The fourth-order valence-corrected chi connectivity index (χ4v) is 6.24. The van der Waals surface area contributed by atoms with Gasteiger partial charge in [-0.15, -0.1) is 0 Å². The smallest absolute Gasteiger partial charge is 0.338 e. The van der Waals surface area contributed by atoms with E-state index in [1.807, 2.05) is 29.9 Å². The van der Waals surface area contributed by atoms with Gasteiger partial charge in [-0.3, -0.25) is 19.1 Å². The molecule has 3 aliphatic rings. The van der Waals surface area contributed by atoms with Gasteiger partial charge in [0.15, 0.2) is 0 Å². The maximum atomic E-state index is 13.6. The van der Waals surface area contributed by atoms with Gasteiger partial charge in [-0.1, -0.05) is 34.6 Å². The van der Waals surface area contributed by atoms with Crippen LogP contribution in [0, 0.1) is 34.0 Å². The molecule has 2 unspecified atom stereocenters. The van der Waals surface area contributed by atoms with E-state index < -0.39 is 47.4 Å². The molecule has 0 aromatic carbocycles. The number of aryl methyl sites for hydroxylation is 1. The number of piperidine rings is 1. The van der Waals surface area contributed by atoms with E-state index >= 15 is 0 Å². The fraction of sp³-hybridized carbons (Fsp3) is 0.731. The third-order valence-corrected chi connectivity index (χ3v) is 8.45. The Bertz CT molecular complexity index is 1150. The molecule has 4 rings (SSSR count). The van der Waals surface area contributed by atoms with Crippen LogP contribution in [0.4, 0.5) is 13.2 Å². The Morgan fingerprint density at radius 3 is 2.53 bits per heavy atom. The second-order valence-electron chi connectivity index (χ2n) is 12.4. The van der Waals surface area contributed by atoms with Crippen LogP contribution in [0.2, 0.25) is 0 Å². The number of nitrogens with one attached hydrogen (secondary N) is 2. The minimum atomic E-state index is -5.15. The number of carbonyl (C=O) groups is 3. The van der Waals surface area contributed by atoms with Crippen molar-refractivity contribution >= 4 is 17.7 Å². The van der Waals surface area contributed by atoms with Crippen LogP contribution in [0.5, 0.6) is 0 Å². The molecule has 0 bridgehead atoms. The highest BCUT2D eigenvalue weighted by Gasteiger charge is 2.70. The van der Waals surface area contributed by atoms with Gasteiger partial charge in [-0.25, -0.2) is 0 Å². The summed E-state index contributed by atoms with van der Waals surface area (Å²) in [7, 11) is 0. The molecule has 0 spiro atoms. The summed E-state index contributed by atoms with van der Waals surface area (Å²) in [5.74, 6) is -3.65. The van der Waals surface area contributed by atoms with Crippen molar-refractivity contribution in [3.63, 3.8) is 0 Å². The lowest BCUT2D eigenvalue weighted by molar-refractivity contribution is -0.176. The quantitative estimate of drug-likeness (QED) is 0.579. The number of nitrogens with zero attached hydrogens (tertiary/aromatic N) is 4. The molecule has 1 saturated carbocycles. The summed E-state index contributed by atoms with van der Waals surface area (Å²) >= 11 is 0. The zero-order valence-corrected chi connectivity index (χ0v) is 22.3. The van der Waals surface area contributed by atoms with Crippen LogP contribution < -0.4 is 10.6 Å². The van der Waals surface area contributed by atoms with E-state index in [2.05, 4.69) is 16.5 Å². The van der Waals surface area contributed by atoms with Crippen LogP contribution in [0.3, 0.4) is 0 Å². The highest BCUT2D eigenvalue weighted by Crippen LogP contribution is 2.65. The molecular weight excluding hydrogens is 501 g/mol. The Hall–Kier alpha value is -3.10. The Balaban J connectivity index is 1.53. The standard InChI is InChI=1S/C26H35F3N6O3/c1-24(2,3)20(33-23(38)26(27,28)29)22(37)34-13-17-18(25(17,4)5)19(34)21(36)32-14(12-30)11-16-8-6-7-15-9-10-31-35(15)16/h9-10,14,16-20H,6-8,11,13H2,1-5H3,(H,32,36)(H,33,38)/t14?,16?,17-,18-,19-,20+/m0/s1. The van der Waals surface area contributed by atoms with Gasteiger partial charge in [0.05, 0.1) is 12.1 Å². The van der Waals surface area contributed by atoms with Crippen LogP contribution in [-0.4, -0.2) is 63.2 Å². The molecule has 38 heavy (non-hydrogen) atoms. The Morgan fingerprint density at radius 1 is 1.24 bits per heavy atom. The Morgan fingerprint density at radius 2 is 1.92 bits per heavy atom. The predicted molar refractivity (Wildman–Crippen MR) is 130 cm³/mol. The molecule has 6 atom stereocenters. The number of hydrogen-bond acceptors (Lipinski definition) is 5. The van der Waals surface area contributed by atoms with Crippen LogP contribution >= 0.6 is 0 Å². The number of alkyl halides is 3. The lowest BCUT2D eigenvalue weighted by atomic mass is 9.85. The summed E-state index contributed by atoms with van der Waals surface area (Å²) in [5, 5.41) is 18.9. The molecule has 12 heteroatoms. The van der Waals surface area contributed by atoms with Gasteiger partial charge >= 0.3 is 12.1 Å². The number of aromatic nitrogens is 2. The van der Waals surface area contributed by atoms with Crippen molar-refractivity contribution in [3.8, 4) is 6.07 Å². The molecule has 3 heterocycles. The average Bonchev–Trinajstić information content (AvgIpc) is 3.24. The third kappa shape index (κ3) is 5.12. The van der Waals surface area contributed by atoms with Gasteiger partial charge in [0, 0.05) is 24.9 Å². The summed E-state index contributed by atoms with van der Waals surface area (Å²) in [6, 6.07) is 0.777. The number of hydrogen-bond donors (Lipinski definition) is 2. The molecule has 2 aliphatic heterocycles. The fourth-order valence-electron chi connectivity index (χ4n) is 6.24. The summed E-state index contributed by atoms with van der Waals surface area (Å²) in [4.78, 5) is 40.3. The molecule has 1 aromatic rings. The molecule has 1 saturated heterocycles. The number of likely N-dealkylation sites (tertiary alicyclic amines) is 1. The first kappa shape index (κ1) is 27.9. The zero-order valence-electron chi connectivity index (χ0n) is 22.3. The predicted octanol–water partition coefficient (Wildman–Crippen LogP) is 2.74. The van der Waals surface area contributed by atoms with Crippen molar-refractivity contribution < 1.29 is 27.6 Å². The van der Waals surface area contributed by atoms with E-state index in [0.717, 1.165) is 25.0 Å². The largest absolute Gasteiger partial charge is 0.471 e. The van der Waals surface area contributed by atoms with E-state index in [0.29, 0.717) is 6.42 Å². The molecule has 3 amide bonds.